The molecule has 0 saturated carbocycles. The zero-order chi connectivity index (χ0) is 12.6. The van der Waals surface area contributed by atoms with Gasteiger partial charge < -0.3 is 10.2 Å². The Labute approximate surface area is 97.8 Å². The molecule has 0 fully saturated rings. The number of aromatic hydroxyl groups is 1. The lowest BCUT2D eigenvalue weighted by Gasteiger charge is -2.00. The SMILES string of the molecule is O=C(O)c1cnc(-c2cc(F)c(O)c(F)c2)s1. The summed E-state index contributed by atoms with van der Waals surface area (Å²) in [5.74, 6) is -4.46. The van der Waals surface area contributed by atoms with Gasteiger partial charge in [0.05, 0.1) is 6.20 Å². The van der Waals surface area contributed by atoms with Gasteiger partial charge in [-0.25, -0.2) is 18.6 Å². The Morgan fingerprint density at radius 2 is 1.88 bits per heavy atom. The van der Waals surface area contributed by atoms with Gasteiger partial charge in [0.15, 0.2) is 17.4 Å². The Morgan fingerprint density at radius 1 is 1.29 bits per heavy atom. The lowest BCUT2D eigenvalue weighted by molar-refractivity contribution is 0.0702. The van der Waals surface area contributed by atoms with Gasteiger partial charge in [-0.1, -0.05) is 0 Å². The second-order valence-electron chi connectivity index (χ2n) is 3.12. The van der Waals surface area contributed by atoms with Gasteiger partial charge in [0, 0.05) is 5.56 Å². The number of hydrogen-bond acceptors (Lipinski definition) is 4. The normalized spacial score (nSPS) is 10.5. The molecule has 17 heavy (non-hydrogen) atoms. The number of carboxylic acids is 1. The van der Waals surface area contributed by atoms with E-state index in [1.165, 1.54) is 0 Å². The third-order valence-electron chi connectivity index (χ3n) is 1.98. The molecule has 0 saturated heterocycles. The van der Waals surface area contributed by atoms with Crippen LogP contribution in [0.2, 0.25) is 0 Å². The van der Waals surface area contributed by atoms with Crippen LogP contribution >= 0.6 is 11.3 Å². The lowest BCUT2D eigenvalue weighted by Crippen LogP contribution is -1.89. The molecule has 0 atom stereocenters. The van der Waals surface area contributed by atoms with E-state index in [1.54, 1.807) is 0 Å². The summed E-state index contributed by atoms with van der Waals surface area (Å²) < 4.78 is 26.1. The van der Waals surface area contributed by atoms with Gasteiger partial charge in [0.1, 0.15) is 9.88 Å². The maximum absolute atomic E-state index is 13.1. The summed E-state index contributed by atoms with van der Waals surface area (Å²) in [4.78, 5) is 14.3. The average Bonchev–Trinajstić information content (AvgIpc) is 2.74. The third-order valence-corrected chi connectivity index (χ3v) is 3.01. The van der Waals surface area contributed by atoms with Crippen LogP contribution in [-0.2, 0) is 0 Å². The summed E-state index contributed by atoms with van der Waals surface area (Å²) in [5, 5.41) is 17.8. The summed E-state index contributed by atoms with van der Waals surface area (Å²) in [6.07, 6.45) is 1.10. The number of carbonyl (C=O) groups is 1. The van der Waals surface area contributed by atoms with E-state index in [-0.39, 0.29) is 15.4 Å². The average molecular weight is 257 g/mol. The number of halogens is 2. The second-order valence-corrected chi connectivity index (χ2v) is 4.15. The van der Waals surface area contributed by atoms with Crippen molar-refractivity contribution < 1.29 is 23.8 Å². The molecule has 7 heteroatoms. The van der Waals surface area contributed by atoms with E-state index in [1.807, 2.05) is 0 Å². The Kier molecular flexibility index (Phi) is 2.76. The molecule has 2 aromatic rings. The van der Waals surface area contributed by atoms with E-state index in [0.717, 1.165) is 29.7 Å². The van der Waals surface area contributed by atoms with Gasteiger partial charge in [-0.15, -0.1) is 11.3 Å². The van der Waals surface area contributed by atoms with Gasteiger partial charge in [-0.05, 0) is 12.1 Å². The fraction of sp³-hybridized carbons (Fsp3) is 0. The molecule has 0 amide bonds. The van der Waals surface area contributed by atoms with Crippen LogP contribution in [0.5, 0.6) is 5.75 Å². The highest BCUT2D eigenvalue weighted by Crippen LogP contribution is 2.30. The van der Waals surface area contributed by atoms with Crippen molar-refractivity contribution in [2.75, 3.05) is 0 Å². The molecule has 0 aliphatic rings. The number of rotatable bonds is 2. The molecule has 2 rings (SSSR count). The first-order valence-electron chi connectivity index (χ1n) is 4.36. The highest BCUT2D eigenvalue weighted by Gasteiger charge is 2.14. The molecular formula is C10H5F2NO3S. The first-order valence-corrected chi connectivity index (χ1v) is 5.18. The molecule has 0 unspecified atom stereocenters. The number of carboxylic acid groups (broad SMARTS) is 1. The number of aromatic carboxylic acids is 1. The number of thiazole rings is 1. The zero-order valence-electron chi connectivity index (χ0n) is 8.15. The summed E-state index contributed by atoms with van der Waals surface area (Å²) in [5.41, 5.74) is 0.0790. The van der Waals surface area contributed by atoms with E-state index in [0.29, 0.717) is 0 Å². The molecular weight excluding hydrogens is 252 g/mol. The second kappa shape index (κ2) is 4.10. The van der Waals surface area contributed by atoms with Gasteiger partial charge in [-0.2, -0.15) is 0 Å². The van der Waals surface area contributed by atoms with Crippen LogP contribution in [0.1, 0.15) is 9.67 Å². The Morgan fingerprint density at radius 3 is 2.35 bits per heavy atom. The van der Waals surface area contributed by atoms with Gasteiger partial charge in [-0.3, -0.25) is 0 Å². The van der Waals surface area contributed by atoms with Crippen molar-refractivity contribution in [3.8, 4) is 16.3 Å². The van der Waals surface area contributed by atoms with Crippen molar-refractivity contribution in [2.45, 2.75) is 0 Å². The van der Waals surface area contributed by atoms with Crippen molar-refractivity contribution in [3.05, 3.63) is 34.8 Å². The van der Waals surface area contributed by atoms with Gasteiger partial charge in [0.25, 0.3) is 0 Å². The molecule has 88 valence electrons. The summed E-state index contributed by atoms with van der Waals surface area (Å²) in [7, 11) is 0. The number of aromatic nitrogens is 1. The molecule has 0 radical (unpaired) electrons. The third kappa shape index (κ3) is 2.09. The molecule has 2 N–H and O–H groups in total. The fourth-order valence-electron chi connectivity index (χ4n) is 1.20. The number of phenols is 1. The highest BCUT2D eigenvalue weighted by atomic mass is 32.1. The topological polar surface area (TPSA) is 70.4 Å². The van der Waals surface area contributed by atoms with Crippen molar-refractivity contribution >= 4 is 17.3 Å². The van der Waals surface area contributed by atoms with Gasteiger partial charge >= 0.3 is 5.97 Å². The first-order chi connectivity index (χ1) is 7.99. The Hall–Kier alpha value is -2.02. The quantitative estimate of drug-likeness (QED) is 0.867. The summed E-state index contributed by atoms with van der Waals surface area (Å²) in [6.45, 7) is 0. The molecule has 1 heterocycles. The van der Waals surface area contributed by atoms with Crippen LogP contribution in [0.15, 0.2) is 18.3 Å². The number of phenolic OH excluding ortho intramolecular Hbond substituents is 1. The minimum Gasteiger partial charge on any atom is -0.503 e. The first kappa shape index (κ1) is 11.5. The molecule has 1 aromatic carbocycles. The summed E-state index contributed by atoms with van der Waals surface area (Å²) in [6, 6.07) is 1.78. The van der Waals surface area contributed by atoms with E-state index in [2.05, 4.69) is 4.98 Å². The number of hydrogen-bond donors (Lipinski definition) is 2. The predicted molar refractivity (Wildman–Crippen MR) is 56.1 cm³/mol. The van der Waals surface area contributed by atoms with E-state index >= 15 is 0 Å². The molecule has 4 nitrogen and oxygen atoms in total. The minimum atomic E-state index is -1.16. The maximum atomic E-state index is 13.1. The minimum absolute atomic E-state index is 0.0334. The van der Waals surface area contributed by atoms with E-state index < -0.39 is 23.4 Å². The van der Waals surface area contributed by atoms with Crippen molar-refractivity contribution in [1.82, 2.24) is 4.98 Å². The Balaban J connectivity index is 2.49. The van der Waals surface area contributed by atoms with Gasteiger partial charge in [0.2, 0.25) is 0 Å². The standard InChI is InChI=1S/C10H5F2NO3S/c11-5-1-4(2-6(12)8(5)14)9-13-3-7(17-9)10(15)16/h1-3,14H,(H,15,16). The number of nitrogens with zero attached hydrogens (tertiary/aromatic N) is 1. The zero-order valence-corrected chi connectivity index (χ0v) is 8.96. The monoisotopic (exact) mass is 257 g/mol. The summed E-state index contributed by atoms with van der Waals surface area (Å²) >= 11 is 0.792. The lowest BCUT2D eigenvalue weighted by atomic mass is 10.2. The molecule has 0 aliphatic heterocycles. The number of benzene rings is 1. The maximum Gasteiger partial charge on any atom is 0.347 e. The molecule has 1 aromatic heterocycles. The molecule has 0 aliphatic carbocycles. The van der Waals surface area contributed by atoms with E-state index in [4.69, 9.17) is 10.2 Å². The van der Waals surface area contributed by atoms with Crippen LogP contribution in [0.25, 0.3) is 10.6 Å². The predicted octanol–water partition coefficient (Wildman–Crippen LogP) is 2.49. The van der Waals surface area contributed by atoms with Crippen molar-refractivity contribution in [2.24, 2.45) is 0 Å². The largest absolute Gasteiger partial charge is 0.503 e. The Bertz CT molecular complexity index is 574. The van der Waals surface area contributed by atoms with Crippen LogP contribution in [0.3, 0.4) is 0 Å². The smallest absolute Gasteiger partial charge is 0.347 e. The van der Waals surface area contributed by atoms with Crippen molar-refractivity contribution in [3.63, 3.8) is 0 Å². The van der Waals surface area contributed by atoms with Crippen molar-refractivity contribution in [1.29, 1.82) is 0 Å². The highest BCUT2D eigenvalue weighted by molar-refractivity contribution is 7.16. The molecule has 0 spiro atoms. The van der Waals surface area contributed by atoms with Crippen LogP contribution < -0.4 is 0 Å². The van der Waals surface area contributed by atoms with Crippen LogP contribution in [0, 0.1) is 11.6 Å². The van der Waals surface area contributed by atoms with E-state index in [9.17, 15) is 13.6 Å². The van der Waals surface area contributed by atoms with Crippen LogP contribution in [0.4, 0.5) is 8.78 Å². The van der Waals surface area contributed by atoms with Crippen LogP contribution in [-0.4, -0.2) is 21.2 Å². The fourth-order valence-corrected chi connectivity index (χ4v) is 1.94. The molecule has 0 bridgehead atoms.